The molecule has 1 aromatic carbocycles. The van der Waals surface area contributed by atoms with Crippen LogP contribution in [-0.2, 0) is 7.05 Å². The molecule has 96 valence electrons. The zero-order valence-corrected chi connectivity index (χ0v) is 10.3. The molecule has 19 heavy (non-hydrogen) atoms. The van der Waals surface area contributed by atoms with E-state index in [4.69, 9.17) is 4.74 Å². The Kier molecular flexibility index (Phi) is 2.22. The summed E-state index contributed by atoms with van der Waals surface area (Å²) < 4.78 is 6.62. The normalized spacial score (nSPS) is 11.3. The maximum Gasteiger partial charge on any atom is 0.313 e. The number of hydrogen-bond acceptors (Lipinski definition) is 5. The van der Waals surface area contributed by atoms with Crippen LogP contribution in [0.3, 0.4) is 0 Å². The second kappa shape index (κ2) is 3.68. The molecule has 0 fully saturated rings. The van der Waals surface area contributed by atoms with Gasteiger partial charge < -0.3 is 14.4 Å². The molecule has 0 saturated carbocycles. The van der Waals surface area contributed by atoms with Gasteiger partial charge in [-0.1, -0.05) is 0 Å². The number of aromatic nitrogens is 2. The average molecular weight is 258 g/mol. The number of nitrogens with zero attached hydrogens (tertiary/aromatic N) is 2. The first-order valence-electron chi connectivity index (χ1n) is 5.57. The second-order valence-corrected chi connectivity index (χ2v) is 4.26. The van der Waals surface area contributed by atoms with Crippen LogP contribution in [0.4, 0.5) is 0 Å². The van der Waals surface area contributed by atoms with Gasteiger partial charge in [0.05, 0.1) is 12.6 Å². The Hall–Kier alpha value is -2.63. The van der Waals surface area contributed by atoms with Gasteiger partial charge in [-0.05, 0) is 12.1 Å². The molecule has 3 aromatic rings. The standard InChI is InChI=1S/C13H10N2O4/c1-15-4-3-7-9-6(11(16)13(18)14-7)5-8(19-2)12(17)10(9)15/h3-5,16H,1-2H3. The molecule has 0 aliphatic rings. The van der Waals surface area contributed by atoms with Crippen LogP contribution in [0.15, 0.2) is 27.9 Å². The molecular weight excluding hydrogens is 248 g/mol. The number of benzene rings is 1. The number of aryl methyl sites for hydroxylation is 1. The lowest BCUT2D eigenvalue weighted by Gasteiger charge is -2.11. The predicted molar refractivity (Wildman–Crippen MR) is 70.2 cm³/mol. The fourth-order valence-corrected chi connectivity index (χ4v) is 2.27. The van der Waals surface area contributed by atoms with Gasteiger partial charge in [-0.25, -0.2) is 4.98 Å². The highest BCUT2D eigenvalue weighted by Crippen LogP contribution is 2.29. The fourth-order valence-electron chi connectivity index (χ4n) is 2.27. The van der Waals surface area contributed by atoms with E-state index in [1.165, 1.54) is 13.2 Å². The first-order chi connectivity index (χ1) is 9.04. The molecule has 2 heterocycles. The third-order valence-corrected chi connectivity index (χ3v) is 3.18. The van der Waals surface area contributed by atoms with E-state index < -0.39 is 11.3 Å². The maximum absolute atomic E-state index is 12.2. The highest BCUT2D eigenvalue weighted by atomic mass is 16.5. The maximum atomic E-state index is 12.2. The van der Waals surface area contributed by atoms with Crippen molar-refractivity contribution in [3.8, 4) is 11.5 Å². The largest absolute Gasteiger partial charge is 0.503 e. The number of aromatic hydroxyl groups is 1. The van der Waals surface area contributed by atoms with Crippen molar-refractivity contribution in [2.45, 2.75) is 0 Å². The molecule has 2 aromatic heterocycles. The van der Waals surface area contributed by atoms with Crippen molar-refractivity contribution in [2.24, 2.45) is 7.05 Å². The van der Waals surface area contributed by atoms with Crippen molar-refractivity contribution >= 4 is 21.8 Å². The van der Waals surface area contributed by atoms with Crippen LogP contribution in [0, 0.1) is 0 Å². The van der Waals surface area contributed by atoms with Gasteiger partial charge in [0, 0.05) is 24.0 Å². The lowest BCUT2D eigenvalue weighted by molar-refractivity contribution is 0.411. The molecule has 3 rings (SSSR count). The zero-order valence-electron chi connectivity index (χ0n) is 10.3. The summed E-state index contributed by atoms with van der Waals surface area (Å²) in [5.74, 6) is -0.390. The Bertz CT molecular complexity index is 914. The number of pyridine rings is 2. The monoisotopic (exact) mass is 258 g/mol. The molecular formula is C13H10N2O4. The lowest BCUT2D eigenvalue weighted by atomic mass is 10.1. The van der Waals surface area contributed by atoms with E-state index in [1.807, 2.05) is 0 Å². The first-order valence-corrected chi connectivity index (χ1v) is 5.57. The Labute approximate surface area is 106 Å². The summed E-state index contributed by atoms with van der Waals surface area (Å²) in [6.07, 6.45) is 1.64. The molecule has 1 N–H and O–H groups in total. The van der Waals surface area contributed by atoms with E-state index >= 15 is 0 Å². The Morgan fingerprint density at radius 2 is 2.11 bits per heavy atom. The van der Waals surface area contributed by atoms with Crippen LogP contribution < -0.4 is 15.7 Å². The van der Waals surface area contributed by atoms with Crippen molar-refractivity contribution < 1.29 is 9.84 Å². The van der Waals surface area contributed by atoms with Gasteiger partial charge in [-0.15, -0.1) is 0 Å². The van der Waals surface area contributed by atoms with E-state index in [0.29, 0.717) is 16.4 Å². The van der Waals surface area contributed by atoms with Crippen LogP contribution in [-0.4, -0.2) is 21.8 Å². The van der Waals surface area contributed by atoms with Gasteiger partial charge >= 0.3 is 5.56 Å². The minimum Gasteiger partial charge on any atom is -0.503 e. The summed E-state index contributed by atoms with van der Waals surface area (Å²) in [5.41, 5.74) is -0.299. The van der Waals surface area contributed by atoms with Gasteiger partial charge in [-0.3, -0.25) is 9.59 Å². The van der Waals surface area contributed by atoms with Crippen molar-refractivity contribution in [3.05, 3.63) is 38.9 Å². The quantitative estimate of drug-likeness (QED) is 0.691. The topological polar surface area (TPSA) is 81.4 Å². The molecule has 0 spiro atoms. The number of hydrogen-bond donors (Lipinski definition) is 1. The third-order valence-electron chi connectivity index (χ3n) is 3.18. The van der Waals surface area contributed by atoms with Crippen molar-refractivity contribution in [1.82, 2.24) is 9.55 Å². The fraction of sp³-hybridized carbons (Fsp3) is 0.154. The minimum absolute atomic E-state index is 0.0801. The van der Waals surface area contributed by atoms with Crippen LogP contribution >= 0.6 is 0 Å². The third kappa shape index (κ3) is 1.40. The van der Waals surface area contributed by atoms with Crippen LogP contribution in [0.25, 0.3) is 21.8 Å². The van der Waals surface area contributed by atoms with E-state index in [9.17, 15) is 14.7 Å². The Morgan fingerprint density at radius 1 is 1.37 bits per heavy atom. The van der Waals surface area contributed by atoms with Crippen molar-refractivity contribution in [3.63, 3.8) is 0 Å². The molecule has 0 saturated heterocycles. The highest BCUT2D eigenvalue weighted by molar-refractivity contribution is 6.09. The summed E-state index contributed by atoms with van der Waals surface area (Å²) in [6.45, 7) is 0. The lowest BCUT2D eigenvalue weighted by Crippen LogP contribution is -2.14. The molecule has 0 aliphatic heterocycles. The molecule has 6 heteroatoms. The summed E-state index contributed by atoms with van der Waals surface area (Å²) in [7, 11) is 3.07. The van der Waals surface area contributed by atoms with E-state index in [2.05, 4.69) is 4.98 Å². The average Bonchev–Trinajstić information content (AvgIpc) is 2.40. The van der Waals surface area contributed by atoms with Crippen molar-refractivity contribution in [2.75, 3.05) is 7.11 Å². The minimum atomic E-state index is -0.719. The molecule has 0 unspecified atom stereocenters. The Morgan fingerprint density at radius 3 is 2.79 bits per heavy atom. The van der Waals surface area contributed by atoms with E-state index in [-0.39, 0.29) is 16.6 Å². The summed E-state index contributed by atoms with van der Waals surface area (Å²) in [4.78, 5) is 27.6. The van der Waals surface area contributed by atoms with E-state index in [1.54, 1.807) is 23.9 Å². The van der Waals surface area contributed by atoms with Gasteiger partial charge in [0.2, 0.25) is 5.43 Å². The summed E-state index contributed by atoms with van der Waals surface area (Å²) >= 11 is 0. The van der Waals surface area contributed by atoms with Gasteiger partial charge in [-0.2, -0.15) is 0 Å². The van der Waals surface area contributed by atoms with Gasteiger partial charge in [0.15, 0.2) is 11.5 Å². The molecule has 0 aliphatic carbocycles. The number of rotatable bonds is 1. The molecule has 0 atom stereocenters. The summed E-state index contributed by atoms with van der Waals surface area (Å²) in [5, 5.41) is 10.6. The number of methoxy groups -OCH3 is 1. The molecule has 6 nitrogen and oxygen atoms in total. The SMILES string of the molecule is COc1cc2c(O)c(=O)nc3ccn(C)c(c1=O)c32. The van der Waals surface area contributed by atoms with Crippen LogP contribution in [0.5, 0.6) is 11.5 Å². The second-order valence-electron chi connectivity index (χ2n) is 4.26. The molecule has 0 bridgehead atoms. The first kappa shape index (κ1) is 11.5. The van der Waals surface area contributed by atoms with E-state index in [0.717, 1.165) is 0 Å². The smallest absolute Gasteiger partial charge is 0.313 e. The predicted octanol–water partition coefficient (Wildman–Crippen LogP) is 0.599. The number of ether oxygens (including phenoxy) is 1. The van der Waals surface area contributed by atoms with Gasteiger partial charge in [0.1, 0.15) is 5.52 Å². The zero-order chi connectivity index (χ0) is 13.7. The molecule has 0 radical (unpaired) electrons. The van der Waals surface area contributed by atoms with Crippen molar-refractivity contribution in [1.29, 1.82) is 0 Å². The highest BCUT2D eigenvalue weighted by Gasteiger charge is 2.17. The Balaban J connectivity index is 2.77. The molecule has 0 amide bonds. The van der Waals surface area contributed by atoms with Gasteiger partial charge in [0.25, 0.3) is 0 Å². The van der Waals surface area contributed by atoms with Crippen LogP contribution in [0.1, 0.15) is 0 Å². The summed E-state index contributed by atoms with van der Waals surface area (Å²) in [6, 6.07) is 3.00. The van der Waals surface area contributed by atoms with Crippen LogP contribution in [0.2, 0.25) is 0 Å².